The van der Waals surface area contributed by atoms with Crippen molar-refractivity contribution in [3.8, 4) is 5.88 Å². The van der Waals surface area contributed by atoms with Crippen molar-refractivity contribution in [2.24, 2.45) is 11.3 Å². The van der Waals surface area contributed by atoms with Crippen LogP contribution in [0, 0.1) is 11.3 Å². The highest BCUT2D eigenvalue weighted by Crippen LogP contribution is 2.50. The predicted molar refractivity (Wildman–Crippen MR) is 148 cm³/mol. The molecule has 1 aromatic heterocycles. The van der Waals surface area contributed by atoms with Crippen molar-refractivity contribution < 1.29 is 37.7 Å². The van der Waals surface area contributed by atoms with Crippen LogP contribution in [0.25, 0.3) is 0 Å². The van der Waals surface area contributed by atoms with E-state index in [1.165, 1.54) is 18.2 Å². The molecule has 0 unspecified atom stereocenters. The highest BCUT2D eigenvalue weighted by atomic mass is 19.3. The molecule has 0 radical (unpaired) electrons. The SMILES string of the molecule is COc1ncc(N2CCC(F)(F)C2)cc1CO[C@H]1[C@H](C(C)(C)C)[C@@H](C(=O)O)N(C(=O)OC(C)C)[C@H]1c1ccccc1. The number of halogens is 2. The van der Waals surface area contributed by atoms with Gasteiger partial charge >= 0.3 is 12.1 Å². The molecular formula is C30H39F2N3O6. The number of benzene rings is 1. The summed E-state index contributed by atoms with van der Waals surface area (Å²) in [5, 5.41) is 10.4. The second-order valence-corrected chi connectivity index (χ2v) is 12.0. The summed E-state index contributed by atoms with van der Waals surface area (Å²) in [7, 11) is 1.46. The van der Waals surface area contributed by atoms with Gasteiger partial charge in [0.1, 0.15) is 6.04 Å². The molecule has 2 saturated heterocycles. The van der Waals surface area contributed by atoms with Crippen molar-refractivity contribution >= 4 is 17.7 Å². The minimum atomic E-state index is -2.77. The van der Waals surface area contributed by atoms with Crippen LogP contribution in [0.2, 0.25) is 0 Å². The van der Waals surface area contributed by atoms with Crippen LogP contribution >= 0.6 is 0 Å². The highest BCUT2D eigenvalue weighted by molar-refractivity contribution is 5.82. The zero-order chi connectivity index (χ0) is 30.1. The number of carboxylic acid groups (broad SMARTS) is 1. The Morgan fingerprint density at radius 2 is 1.88 bits per heavy atom. The number of hydrogen-bond acceptors (Lipinski definition) is 7. The predicted octanol–water partition coefficient (Wildman–Crippen LogP) is 5.54. The van der Waals surface area contributed by atoms with Crippen LogP contribution in [0.3, 0.4) is 0 Å². The molecule has 1 aromatic carbocycles. The fourth-order valence-electron chi connectivity index (χ4n) is 5.89. The summed E-state index contributed by atoms with van der Waals surface area (Å²) in [5.74, 6) is -4.30. The van der Waals surface area contributed by atoms with Crippen molar-refractivity contribution in [2.75, 3.05) is 25.1 Å². The number of carbonyl (C=O) groups is 2. The van der Waals surface area contributed by atoms with Crippen LogP contribution < -0.4 is 9.64 Å². The van der Waals surface area contributed by atoms with Crippen LogP contribution in [0.4, 0.5) is 19.3 Å². The first-order valence-electron chi connectivity index (χ1n) is 13.8. The van der Waals surface area contributed by atoms with Gasteiger partial charge in [-0.15, -0.1) is 0 Å². The average Bonchev–Trinajstić information content (AvgIpc) is 3.45. The van der Waals surface area contributed by atoms with Crippen LogP contribution in [0.5, 0.6) is 5.88 Å². The van der Waals surface area contributed by atoms with E-state index in [-0.39, 0.29) is 25.5 Å². The normalized spacial score (nSPS) is 24.1. The number of aliphatic carboxylic acids is 1. The van der Waals surface area contributed by atoms with Gasteiger partial charge in [-0.3, -0.25) is 4.90 Å². The van der Waals surface area contributed by atoms with Crippen LogP contribution in [0.1, 0.15) is 58.2 Å². The standard InChI is InChI=1S/C30H39F2N3O6/c1-18(2)41-28(38)35-23(19-10-8-7-9-11-19)25(22(29(3,4)5)24(35)27(36)37)40-16-20-14-21(15-33-26(20)39-6)34-13-12-30(31,32)17-34/h7-11,14-15,18,22-25H,12-13,16-17H2,1-6H3,(H,36,37)/t22-,23+,24+,25+/m1/s1. The fourth-order valence-corrected chi connectivity index (χ4v) is 5.89. The summed E-state index contributed by atoms with van der Waals surface area (Å²) in [4.78, 5) is 33.5. The molecule has 4 rings (SSSR count). The van der Waals surface area contributed by atoms with Gasteiger partial charge in [-0.1, -0.05) is 51.1 Å². The number of carboxylic acids is 1. The lowest BCUT2D eigenvalue weighted by atomic mass is 9.73. The number of amides is 1. The number of aromatic nitrogens is 1. The van der Waals surface area contributed by atoms with E-state index in [4.69, 9.17) is 14.2 Å². The number of nitrogens with zero attached hydrogens (tertiary/aromatic N) is 3. The molecule has 41 heavy (non-hydrogen) atoms. The molecular weight excluding hydrogens is 536 g/mol. The Hall–Kier alpha value is -3.47. The van der Waals surface area contributed by atoms with Gasteiger partial charge in [0.05, 0.1) is 50.4 Å². The Morgan fingerprint density at radius 1 is 1.20 bits per heavy atom. The smallest absolute Gasteiger partial charge is 0.411 e. The van der Waals surface area contributed by atoms with Gasteiger partial charge in [0.2, 0.25) is 5.88 Å². The van der Waals surface area contributed by atoms with Gasteiger partial charge < -0.3 is 24.2 Å². The lowest BCUT2D eigenvalue weighted by Crippen LogP contribution is -2.47. The number of hydrogen-bond donors (Lipinski definition) is 1. The first-order chi connectivity index (χ1) is 19.2. The zero-order valence-corrected chi connectivity index (χ0v) is 24.3. The van der Waals surface area contributed by atoms with Gasteiger partial charge in [0.15, 0.2) is 0 Å². The number of methoxy groups -OCH3 is 1. The average molecular weight is 576 g/mol. The summed E-state index contributed by atoms with van der Waals surface area (Å²) in [6.07, 6.45) is -0.704. The molecule has 11 heteroatoms. The quantitative estimate of drug-likeness (QED) is 0.438. The Morgan fingerprint density at radius 3 is 2.41 bits per heavy atom. The third-order valence-corrected chi connectivity index (χ3v) is 7.62. The Labute approximate surface area is 239 Å². The third-order valence-electron chi connectivity index (χ3n) is 7.62. The number of anilines is 1. The molecule has 2 fully saturated rings. The zero-order valence-electron chi connectivity index (χ0n) is 24.3. The van der Waals surface area contributed by atoms with Crippen molar-refractivity contribution in [3.05, 3.63) is 53.7 Å². The number of alkyl halides is 2. The van der Waals surface area contributed by atoms with Crippen LogP contribution in [0.15, 0.2) is 42.6 Å². The molecule has 2 aliphatic heterocycles. The van der Waals surface area contributed by atoms with E-state index in [0.717, 1.165) is 0 Å². The van der Waals surface area contributed by atoms with Crippen LogP contribution in [-0.2, 0) is 20.9 Å². The van der Waals surface area contributed by atoms with Crippen molar-refractivity contribution in [2.45, 2.75) is 77.9 Å². The Kier molecular flexibility index (Phi) is 8.77. The molecule has 4 atom stereocenters. The number of rotatable bonds is 8. The number of likely N-dealkylation sites (tertiary alicyclic amines) is 1. The van der Waals surface area contributed by atoms with E-state index in [2.05, 4.69) is 4.98 Å². The van der Waals surface area contributed by atoms with Crippen molar-refractivity contribution in [1.82, 2.24) is 9.88 Å². The summed E-state index contributed by atoms with van der Waals surface area (Å²) in [6.45, 7) is 8.91. The van der Waals surface area contributed by atoms with Gasteiger partial charge in [-0.05, 0) is 30.9 Å². The molecule has 2 aromatic rings. The van der Waals surface area contributed by atoms with E-state index in [0.29, 0.717) is 16.8 Å². The molecule has 1 amide bonds. The third kappa shape index (κ3) is 6.55. The lowest BCUT2D eigenvalue weighted by molar-refractivity contribution is -0.145. The molecule has 3 heterocycles. The summed E-state index contributed by atoms with van der Waals surface area (Å²) in [5.41, 5.74) is 1.15. The van der Waals surface area contributed by atoms with Crippen LogP contribution in [-0.4, -0.2) is 71.4 Å². The minimum Gasteiger partial charge on any atom is -0.481 e. The molecule has 2 aliphatic rings. The van der Waals surface area contributed by atoms with Gasteiger partial charge in [-0.25, -0.2) is 23.4 Å². The van der Waals surface area contributed by atoms with Gasteiger partial charge in [0.25, 0.3) is 5.92 Å². The number of ether oxygens (including phenoxy) is 3. The molecule has 224 valence electrons. The summed E-state index contributed by atoms with van der Waals surface area (Å²) < 4.78 is 45.4. The highest BCUT2D eigenvalue weighted by Gasteiger charge is 2.59. The monoisotopic (exact) mass is 575 g/mol. The molecule has 0 saturated carbocycles. The van der Waals surface area contributed by atoms with Gasteiger partial charge in [0, 0.05) is 24.4 Å². The largest absolute Gasteiger partial charge is 0.481 e. The maximum Gasteiger partial charge on any atom is 0.411 e. The molecule has 0 aliphatic carbocycles. The van der Waals surface area contributed by atoms with Gasteiger partial charge in [-0.2, -0.15) is 0 Å². The second-order valence-electron chi connectivity index (χ2n) is 12.0. The Balaban J connectivity index is 1.75. The number of pyridine rings is 1. The van der Waals surface area contributed by atoms with E-state index < -0.39 is 60.2 Å². The maximum atomic E-state index is 13.9. The first kappa shape index (κ1) is 30.5. The molecule has 0 spiro atoms. The second kappa shape index (κ2) is 11.8. The lowest BCUT2D eigenvalue weighted by Gasteiger charge is -2.34. The summed E-state index contributed by atoms with van der Waals surface area (Å²) >= 11 is 0. The summed E-state index contributed by atoms with van der Waals surface area (Å²) in [6, 6.07) is 8.85. The van der Waals surface area contributed by atoms with Crippen molar-refractivity contribution in [1.29, 1.82) is 0 Å². The molecule has 9 nitrogen and oxygen atoms in total. The minimum absolute atomic E-state index is 0.0474. The molecule has 0 bridgehead atoms. The van der Waals surface area contributed by atoms with Crippen molar-refractivity contribution in [3.63, 3.8) is 0 Å². The van der Waals surface area contributed by atoms with E-state index in [9.17, 15) is 23.5 Å². The topological polar surface area (TPSA) is 101 Å². The van der Waals surface area contributed by atoms with E-state index in [1.54, 1.807) is 24.8 Å². The molecule has 1 N–H and O–H groups in total. The number of carbonyl (C=O) groups excluding carboxylic acids is 1. The first-order valence-corrected chi connectivity index (χ1v) is 13.8. The van der Waals surface area contributed by atoms with E-state index >= 15 is 0 Å². The Bertz CT molecular complexity index is 1240. The van der Waals surface area contributed by atoms with E-state index in [1.807, 2.05) is 51.1 Å². The fraction of sp³-hybridized carbons (Fsp3) is 0.567. The maximum absolute atomic E-state index is 13.9.